The van der Waals surface area contributed by atoms with Crippen molar-refractivity contribution in [2.45, 2.75) is 18.3 Å². The van der Waals surface area contributed by atoms with Gasteiger partial charge in [-0.1, -0.05) is 23.7 Å². The van der Waals surface area contributed by atoms with Gasteiger partial charge in [-0.3, -0.25) is 19.3 Å². The first-order valence-electron chi connectivity index (χ1n) is 10.1. The zero-order chi connectivity index (χ0) is 23.5. The van der Waals surface area contributed by atoms with Crippen molar-refractivity contribution in [1.29, 1.82) is 0 Å². The van der Waals surface area contributed by atoms with Gasteiger partial charge in [-0.2, -0.15) is 18.3 Å². The molecule has 2 aliphatic heterocycles. The molecule has 1 aromatic carbocycles. The minimum Gasteiger partial charge on any atom is -0.309 e. The van der Waals surface area contributed by atoms with Gasteiger partial charge >= 0.3 is 6.18 Å². The zero-order valence-electron chi connectivity index (χ0n) is 17.3. The van der Waals surface area contributed by atoms with Gasteiger partial charge in [0, 0.05) is 44.0 Å². The highest BCUT2D eigenvalue weighted by atomic mass is 35.5. The topological polar surface area (TPSA) is 71.3 Å². The highest BCUT2D eigenvalue weighted by Crippen LogP contribution is 2.45. The summed E-state index contributed by atoms with van der Waals surface area (Å²) in [5.41, 5.74) is -1.75. The van der Waals surface area contributed by atoms with E-state index < -0.39 is 29.0 Å². The molecule has 1 unspecified atom stereocenters. The maximum Gasteiger partial charge on any atom is 0.435 e. The second kappa shape index (κ2) is 7.31. The molecule has 2 aliphatic rings. The number of amides is 2. The number of carbonyl (C=O) groups excluding carboxylic acids is 2. The van der Waals surface area contributed by atoms with Crippen LogP contribution in [-0.4, -0.2) is 49.5 Å². The monoisotopic (exact) mass is 475 g/mol. The number of rotatable bonds is 2. The molecule has 3 aromatic rings. The van der Waals surface area contributed by atoms with Crippen molar-refractivity contribution < 1.29 is 22.8 Å². The lowest BCUT2D eigenvalue weighted by atomic mass is 9.86. The highest BCUT2D eigenvalue weighted by Gasteiger charge is 2.57. The van der Waals surface area contributed by atoms with Crippen molar-refractivity contribution in [3.8, 4) is 0 Å². The number of aromatic nitrogens is 3. The number of alkyl halides is 3. The van der Waals surface area contributed by atoms with Crippen LogP contribution in [0.3, 0.4) is 0 Å². The fourth-order valence-electron chi connectivity index (χ4n) is 4.73. The molecule has 1 fully saturated rings. The van der Waals surface area contributed by atoms with Crippen molar-refractivity contribution in [2.75, 3.05) is 13.1 Å². The van der Waals surface area contributed by atoms with Crippen LogP contribution in [0.4, 0.5) is 13.2 Å². The Labute approximate surface area is 191 Å². The number of carbonyl (C=O) groups is 2. The molecular weight excluding hydrogens is 459 g/mol. The van der Waals surface area contributed by atoms with Gasteiger partial charge < -0.3 is 9.80 Å². The van der Waals surface area contributed by atoms with E-state index >= 15 is 0 Å². The number of pyridine rings is 1. The predicted octanol–water partition coefficient (Wildman–Crippen LogP) is 3.49. The number of fused-ring (bicyclic) bond motifs is 2. The third-order valence-corrected chi connectivity index (χ3v) is 6.35. The van der Waals surface area contributed by atoms with Crippen LogP contribution in [0.2, 0.25) is 5.02 Å². The maximum absolute atomic E-state index is 13.6. The van der Waals surface area contributed by atoms with Gasteiger partial charge in [0.1, 0.15) is 5.66 Å². The van der Waals surface area contributed by atoms with Gasteiger partial charge in [0.2, 0.25) is 0 Å². The van der Waals surface area contributed by atoms with Crippen LogP contribution < -0.4 is 0 Å². The van der Waals surface area contributed by atoms with Crippen LogP contribution in [0.5, 0.6) is 0 Å². The lowest BCUT2D eigenvalue weighted by molar-refractivity contribution is -0.142. The van der Waals surface area contributed by atoms with E-state index in [0.717, 1.165) is 10.9 Å². The largest absolute Gasteiger partial charge is 0.435 e. The molecule has 11 heteroatoms. The Bertz CT molecular complexity index is 1270. The van der Waals surface area contributed by atoms with Gasteiger partial charge in [-0.15, -0.1) is 0 Å². The number of nitrogens with zero attached hydrogens (tertiary/aromatic N) is 5. The Morgan fingerprint density at radius 1 is 1.15 bits per heavy atom. The number of benzene rings is 1. The number of aryl methyl sites for hydroxylation is 1. The third-order valence-electron chi connectivity index (χ3n) is 6.10. The van der Waals surface area contributed by atoms with E-state index in [1.54, 1.807) is 42.6 Å². The van der Waals surface area contributed by atoms with E-state index in [4.69, 9.17) is 11.6 Å². The Kier molecular flexibility index (Phi) is 4.75. The predicted molar refractivity (Wildman–Crippen MR) is 111 cm³/mol. The van der Waals surface area contributed by atoms with E-state index in [-0.39, 0.29) is 25.4 Å². The van der Waals surface area contributed by atoms with E-state index in [1.165, 1.54) is 16.8 Å². The Morgan fingerprint density at radius 2 is 1.88 bits per heavy atom. The molecule has 4 heterocycles. The molecule has 170 valence electrons. The molecule has 0 saturated carbocycles. The summed E-state index contributed by atoms with van der Waals surface area (Å²) in [7, 11) is 1.32. The SMILES string of the molecule is Cn1cc(C(=O)N2CCN3C(=O)c4cccnc4CC32c2ccc(Cl)cc2)c(C(F)(F)F)n1. The Morgan fingerprint density at radius 3 is 2.58 bits per heavy atom. The first-order chi connectivity index (χ1) is 15.6. The van der Waals surface area contributed by atoms with E-state index in [0.29, 0.717) is 21.8 Å². The Balaban J connectivity index is 1.70. The normalized spacial score (nSPS) is 20.1. The van der Waals surface area contributed by atoms with Crippen LogP contribution in [-0.2, 0) is 25.3 Å². The fraction of sp³-hybridized carbons (Fsp3) is 0.273. The first kappa shape index (κ1) is 21.4. The molecule has 0 bridgehead atoms. The third kappa shape index (κ3) is 3.19. The molecule has 1 saturated heterocycles. The van der Waals surface area contributed by atoms with Crippen LogP contribution >= 0.6 is 11.6 Å². The fourth-order valence-corrected chi connectivity index (χ4v) is 4.85. The lowest BCUT2D eigenvalue weighted by Gasteiger charge is -2.46. The molecule has 33 heavy (non-hydrogen) atoms. The smallest absolute Gasteiger partial charge is 0.309 e. The summed E-state index contributed by atoms with van der Waals surface area (Å²) in [6.07, 6.45) is -2.08. The van der Waals surface area contributed by atoms with Gasteiger partial charge in [-0.25, -0.2) is 0 Å². The van der Waals surface area contributed by atoms with Gasteiger partial charge in [0.25, 0.3) is 11.8 Å². The zero-order valence-corrected chi connectivity index (χ0v) is 18.1. The second-order valence-electron chi connectivity index (χ2n) is 7.97. The average Bonchev–Trinajstić information content (AvgIpc) is 3.36. The standard InChI is InChI=1S/C22H17ClF3N5O2/c1-29-12-16(18(28-29)22(24,25)26)20(33)31-10-9-30-19(32)15-3-2-8-27-17(15)11-21(30,31)13-4-6-14(23)7-5-13/h2-8,12H,9-11H2,1H3. The molecule has 0 aliphatic carbocycles. The molecule has 0 spiro atoms. The second-order valence-corrected chi connectivity index (χ2v) is 8.41. The minimum absolute atomic E-state index is 0.0490. The van der Waals surface area contributed by atoms with Crippen molar-refractivity contribution in [3.05, 3.63) is 81.9 Å². The van der Waals surface area contributed by atoms with E-state index in [1.807, 2.05) is 0 Å². The molecule has 5 rings (SSSR count). The average molecular weight is 476 g/mol. The molecule has 0 radical (unpaired) electrons. The lowest BCUT2D eigenvalue weighted by Crippen LogP contribution is -2.58. The van der Waals surface area contributed by atoms with Crippen molar-refractivity contribution >= 4 is 23.4 Å². The molecule has 2 amide bonds. The molecule has 7 nitrogen and oxygen atoms in total. The van der Waals surface area contributed by atoms with Gasteiger partial charge in [0.05, 0.1) is 16.8 Å². The number of hydrogen-bond donors (Lipinski definition) is 0. The summed E-state index contributed by atoms with van der Waals surface area (Å²) in [5, 5.41) is 3.92. The van der Waals surface area contributed by atoms with Crippen molar-refractivity contribution in [2.24, 2.45) is 7.05 Å². The molecule has 0 N–H and O–H groups in total. The van der Waals surface area contributed by atoms with Crippen LogP contribution in [0.25, 0.3) is 0 Å². The summed E-state index contributed by atoms with van der Waals surface area (Å²) in [6, 6.07) is 9.90. The van der Waals surface area contributed by atoms with E-state index in [9.17, 15) is 22.8 Å². The van der Waals surface area contributed by atoms with Gasteiger partial charge in [0.15, 0.2) is 5.69 Å². The maximum atomic E-state index is 13.6. The van der Waals surface area contributed by atoms with Crippen LogP contribution in [0.15, 0.2) is 48.8 Å². The highest BCUT2D eigenvalue weighted by molar-refractivity contribution is 6.30. The minimum atomic E-state index is -4.81. The first-order valence-corrected chi connectivity index (χ1v) is 10.5. The summed E-state index contributed by atoms with van der Waals surface area (Å²) in [5.74, 6) is -1.20. The quantitative estimate of drug-likeness (QED) is 0.569. The van der Waals surface area contributed by atoms with Gasteiger partial charge in [-0.05, 0) is 29.8 Å². The van der Waals surface area contributed by atoms with Crippen molar-refractivity contribution in [3.63, 3.8) is 0 Å². The van der Waals surface area contributed by atoms with Crippen molar-refractivity contribution in [1.82, 2.24) is 24.6 Å². The summed E-state index contributed by atoms with van der Waals surface area (Å²) in [6.45, 7) is 0.205. The summed E-state index contributed by atoms with van der Waals surface area (Å²) >= 11 is 6.06. The van der Waals surface area contributed by atoms with E-state index in [2.05, 4.69) is 10.1 Å². The summed E-state index contributed by atoms with van der Waals surface area (Å²) in [4.78, 5) is 34.2. The number of hydrogen-bond acceptors (Lipinski definition) is 4. The Hall–Kier alpha value is -3.40. The summed E-state index contributed by atoms with van der Waals surface area (Å²) < 4.78 is 41.8. The molecular formula is C22H17ClF3N5O2. The molecule has 2 aromatic heterocycles. The van der Waals surface area contributed by atoms with Crippen LogP contribution in [0.1, 0.15) is 37.7 Å². The number of halogens is 4. The van der Waals surface area contributed by atoms with Crippen LogP contribution in [0, 0.1) is 0 Å². The molecule has 1 atom stereocenters.